The highest BCUT2D eigenvalue weighted by Crippen LogP contribution is 2.30. The summed E-state index contributed by atoms with van der Waals surface area (Å²) in [5, 5.41) is 6.13. The standard InChI is InChI=1S/C26H29F4N5O3S/c1-34-13-11-32-24(19(27)16-34)18-6-5-12-35-22(15-26(28,29)30)20(33-25(18)35)7-4-10-31-21-9-8-17(39(3,36)37)14-23(21)38-2/h5-6,8-9,12,14,19,24,31-32H,10-11,13,15-16H2,1-3H3/t19-,24+/m0/s1. The van der Waals surface area contributed by atoms with E-state index in [2.05, 4.69) is 27.5 Å². The molecule has 3 aromatic rings. The van der Waals surface area contributed by atoms with E-state index >= 15 is 4.39 Å². The number of imidazole rings is 1. The Morgan fingerprint density at radius 3 is 2.74 bits per heavy atom. The monoisotopic (exact) mass is 567 g/mol. The van der Waals surface area contributed by atoms with Crippen molar-refractivity contribution in [3.63, 3.8) is 0 Å². The molecule has 3 heterocycles. The molecule has 0 spiro atoms. The normalized spacial score (nSPS) is 18.8. The predicted octanol–water partition coefficient (Wildman–Crippen LogP) is 3.23. The number of alkyl halides is 4. The Bertz CT molecular complexity index is 1510. The highest BCUT2D eigenvalue weighted by Gasteiger charge is 2.33. The number of nitrogens with one attached hydrogen (secondary N) is 2. The number of hydrogen-bond donors (Lipinski definition) is 2. The van der Waals surface area contributed by atoms with Gasteiger partial charge in [-0.15, -0.1) is 0 Å². The third kappa shape index (κ3) is 6.81. The van der Waals surface area contributed by atoms with Crippen LogP contribution in [0, 0.1) is 11.8 Å². The maximum absolute atomic E-state index is 15.1. The molecule has 0 amide bonds. The number of fused-ring (bicyclic) bond motifs is 1. The molecule has 1 fully saturated rings. The van der Waals surface area contributed by atoms with Crippen LogP contribution >= 0.6 is 0 Å². The lowest BCUT2D eigenvalue weighted by Crippen LogP contribution is -2.31. The van der Waals surface area contributed by atoms with Crippen LogP contribution in [0.3, 0.4) is 0 Å². The number of methoxy groups -OCH3 is 1. The average molecular weight is 568 g/mol. The van der Waals surface area contributed by atoms with Crippen molar-refractivity contribution in [3.05, 3.63) is 53.5 Å². The van der Waals surface area contributed by atoms with Crippen LogP contribution in [0.2, 0.25) is 0 Å². The van der Waals surface area contributed by atoms with Gasteiger partial charge in [-0.05, 0) is 31.2 Å². The fourth-order valence-corrected chi connectivity index (χ4v) is 5.13. The van der Waals surface area contributed by atoms with Gasteiger partial charge < -0.3 is 24.7 Å². The van der Waals surface area contributed by atoms with Crippen LogP contribution in [0.4, 0.5) is 23.2 Å². The molecule has 0 aliphatic carbocycles. The minimum atomic E-state index is -4.51. The molecular weight excluding hydrogens is 538 g/mol. The van der Waals surface area contributed by atoms with Gasteiger partial charge in [-0.2, -0.15) is 13.2 Å². The van der Waals surface area contributed by atoms with Crippen LogP contribution in [0.5, 0.6) is 5.75 Å². The van der Waals surface area contributed by atoms with Crippen molar-refractivity contribution in [3.8, 4) is 17.6 Å². The number of aromatic nitrogens is 2. The van der Waals surface area contributed by atoms with E-state index in [1.807, 2.05) is 11.9 Å². The van der Waals surface area contributed by atoms with Crippen LogP contribution < -0.4 is 15.4 Å². The van der Waals surface area contributed by atoms with Gasteiger partial charge in [0.2, 0.25) is 0 Å². The molecule has 0 unspecified atom stereocenters. The van der Waals surface area contributed by atoms with Crippen LogP contribution in [-0.2, 0) is 16.3 Å². The molecule has 39 heavy (non-hydrogen) atoms. The SMILES string of the molecule is COc1cc(S(C)(=O)=O)ccc1NCC#Cc1nc2c([C@H]3NCCN(C)C[C@@H]3F)cccn2c1CC(F)(F)F. The van der Waals surface area contributed by atoms with Gasteiger partial charge in [0.05, 0.1) is 42.4 Å². The largest absolute Gasteiger partial charge is 0.495 e. The number of sulfone groups is 1. The first kappa shape index (κ1) is 28.7. The van der Waals surface area contributed by atoms with Gasteiger partial charge in [-0.3, -0.25) is 0 Å². The number of rotatable bonds is 6. The fraction of sp³-hybridized carbons (Fsp3) is 0.423. The number of ether oxygens (including phenoxy) is 1. The molecule has 2 N–H and O–H groups in total. The van der Waals surface area contributed by atoms with E-state index in [0.717, 1.165) is 6.26 Å². The van der Waals surface area contributed by atoms with Crippen molar-refractivity contribution >= 4 is 21.2 Å². The molecule has 13 heteroatoms. The van der Waals surface area contributed by atoms with E-state index in [1.54, 1.807) is 12.1 Å². The molecule has 1 aromatic carbocycles. The molecular formula is C26H29F4N5O3S. The van der Waals surface area contributed by atoms with Crippen molar-refractivity contribution in [2.75, 3.05) is 51.9 Å². The fourth-order valence-electron chi connectivity index (χ4n) is 4.49. The molecule has 0 radical (unpaired) electrons. The van der Waals surface area contributed by atoms with E-state index in [9.17, 15) is 21.6 Å². The van der Waals surface area contributed by atoms with Gasteiger partial charge in [0.1, 0.15) is 23.3 Å². The van der Waals surface area contributed by atoms with Crippen molar-refractivity contribution < 1.29 is 30.7 Å². The minimum Gasteiger partial charge on any atom is -0.495 e. The van der Waals surface area contributed by atoms with E-state index in [4.69, 9.17) is 4.74 Å². The Labute approximate surface area is 224 Å². The highest BCUT2D eigenvalue weighted by molar-refractivity contribution is 7.90. The molecule has 210 valence electrons. The lowest BCUT2D eigenvalue weighted by molar-refractivity contribution is -0.128. The zero-order valence-electron chi connectivity index (χ0n) is 21.6. The molecule has 1 saturated heterocycles. The number of anilines is 1. The van der Waals surface area contributed by atoms with Gasteiger partial charge in [0, 0.05) is 43.7 Å². The van der Waals surface area contributed by atoms with Crippen LogP contribution in [0.1, 0.15) is 23.0 Å². The highest BCUT2D eigenvalue weighted by atomic mass is 32.2. The molecule has 1 aliphatic heterocycles. The number of likely N-dealkylation sites (N-methyl/N-ethyl adjacent to an activating group) is 1. The van der Waals surface area contributed by atoms with Crippen molar-refractivity contribution in [2.24, 2.45) is 0 Å². The van der Waals surface area contributed by atoms with E-state index < -0.39 is 34.6 Å². The number of halogens is 4. The van der Waals surface area contributed by atoms with Crippen LogP contribution in [0.25, 0.3) is 5.65 Å². The van der Waals surface area contributed by atoms with Crippen LogP contribution in [0.15, 0.2) is 41.4 Å². The summed E-state index contributed by atoms with van der Waals surface area (Å²) in [5.74, 6) is 5.78. The Hall–Kier alpha value is -3.34. The third-order valence-electron chi connectivity index (χ3n) is 6.36. The Balaban J connectivity index is 1.66. The summed E-state index contributed by atoms with van der Waals surface area (Å²) < 4.78 is 85.8. The zero-order valence-corrected chi connectivity index (χ0v) is 22.5. The molecule has 1 aliphatic rings. The molecule has 2 aromatic heterocycles. The summed E-state index contributed by atoms with van der Waals surface area (Å²) in [7, 11) is -0.236. The Morgan fingerprint density at radius 2 is 2.05 bits per heavy atom. The lowest BCUT2D eigenvalue weighted by Gasteiger charge is -2.21. The Kier molecular flexibility index (Phi) is 8.39. The lowest BCUT2D eigenvalue weighted by atomic mass is 10.0. The number of benzene rings is 1. The topological polar surface area (TPSA) is 88.0 Å². The van der Waals surface area contributed by atoms with E-state index in [1.165, 1.54) is 35.9 Å². The first-order valence-corrected chi connectivity index (χ1v) is 14.0. The van der Waals surface area contributed by atoms with Crippen molar-refractivity contribution in [1.29, 1.82) is 0 Å². The third-order valence-corrected chi connectivity index (χ3v) is 7.47. The Morgan fingerprint density at radius 1 is 1.28 bits per heavy atom. The van der Waals surface area contributed by atoms with Crippen LogP contribution in [-0.4, -0.2) is 81.6 Å². The average Bonchev–Trinajstić information content (AvgIpc) is 3.09. The number of pyridine rings is 1. The van der Waals surface area contributed by atoms with Gasteiger partial charge in [-0.1, -0.05) is 12.0 Å². The first-order valence-electron chi connectivity index (χ1n) is 12.1. The van der Waals surface area contributed by atoms with E-state index in [-0.39, 0.29) is 40.8 Å². The molecule has 0 bridgehead atoms. The summed E-state index contributed by atoms with van der Waals surface area (Å²) in [5.41, 5.74) is 0.956. The van der Waals surface area contributed by atoms with Gasteiger partial charge >= 0.3 is 6.18 Å². The summed E-state index contributed by atoms with van der Waals surface area (Å²) >= 11 is 0. The van der Waals surface area contributed by atoms with Crippen molar-refractivity contribution in [1.82, 2.24) is 19.6 Å². The van der Waals surface area contributed by atoms with Gasteiger partial charge in [0.25, 0.3) is 0 Å². The minimum absolute atomic E-state index is 0.0177. The smallest absolute Gasteiger partial charge is 0.394 e. The number of nitrogens with zero attached hydrogens (tertiary/aromatic N) is 3. The molecule has 2 atom stereocenters. The van der Waals surface area contributed by atoms with Gasteiger partial charge in [-0.25, -0.2) is 17.8 Å². The second-order valence-corrected chi connectivity index (χ2v) is 11.4. The van der Waals surface area contributed by atoms with E-state index in [0.29, 0.717) is 24.3 Å². The molecule has 4 rings (SSSR count). The first-order chi connectivity index (χ1) is 18.4. The van der Waals surface area contributed by atoms with Gasteiger partial charge in [0.15, 0.2) is 9.84 Å². The zero-order chi connectivity index (χ0) is 28.4. The maximum atomic E-state index is 15.1. The molecule has 8 nitrogen and oxygen atoms in total. The summed E-state index contributed by atoms with van der Waals surface area (Å²) in [6, 6.07) is 6.82. The quantitative estimate of drug-likeness (QED) is 0.350. The van der Waals surface area contributed by atoms with Crippen molar-refractivity contribution in [2.45, 2.75) is 29.7 Å². The maximum Gasteiger partial charge on any atom is 0.394 e. The second-order valence-electron chi connectivity index (χ2n) is 9.36. The summed E-state index contributed by atoms with van der Waals surface area (Å²) in [6.45, 7) is 1.36. The number of hydrogen-bond acceptors (Lipinski definition) is 7. The molecule has 0 saturated carbocycles. The summed E-state index contributed by atoms with van der Waals surface area (Å²) in [4.78, 5) is 6.36. The summed E-state index contributed by atoms with van der Waals surface area (Å²) in [6.07, 6.45) is -4.50. The predicted molar refractivity (Wildman–Crippen MR) is 140 cm³/mol. The second kappa shape index (κ2) is 11.4.